The third-order valence-corrected chi connectivity index (χ3v) is 5.61. The minimum atomic E-state index is -0.238. The van der Waals surface area contributed by atoms with Crippen molar-refractivity contribution in [2.75, 3.05) is 19.6 Å². The van der Waals surface area contributed by atoms with Crippen LogP contribution in [0, 0.1) is 11.7 Å². The van der Waals surface area contributed by atoms with E-state index in [0.717, 1.165) is 37.9 Å². The fourth-order valence-corrected chi connectivity index (χ4v) is 4.04. The fraction of sp³-hybridized carbons (Fsp3) is 0.579. The zero-order valence-corrected chi connectivity index (χ0v) is 14.2. The molecule has 4 rings (SSSR count). The number of likely N-dealkylation sites (tertiary alicyclic amines) is 1. The van der Waals surface area contributed by atoms with Crippen LogP contribution in [0.3, 0.4) is 0 Å². The van der Waals surface area contributed by atoms with Gasteiger partial charge in [-0.3, -0.25) is 9.59 Å². The smallest absolute Gasteiger partial charge is 0.239 e. The first-order chi connectivity index (χ1) is 12.1. The molecule has 0 radical (unpaired) electrons. The van der Waals surface area contributed by atoms with E-state index in [9.17, 15) is 14.0 Å². The van der Waals surface area contributed by atoms with Crippen molar-refractivity contribution >= 4 is 11.8 Å². The number of nitrogens with zero attached hydrogens (tertiary/aromatic N) is 1. The van der Waals surface area contributed by atoms with Crippen LogP contribution in [0.2, 0.25) is 0 Å². The van der Waals surface area contributed by atoms with E-state index in [1.54, 1.807) is 12.1 Å². The van der Waals surface area contributed by atoms with Crippen LogP contribution in [0.4, 0.5) is 4.39 Å². The molecule has 2 aliphatic heterocycles. The van der Waals surface area contributed by atoms with Crippen LogP contribution >= 0.6 is 0 Å². The monoisotopic (exact) mass is 345 g/mol. The summed E-state index contributed by atoms with van der Waals surface area (Å²) in [5.74, 6) is -0.0518. The second-order valence-corrected chi connectivity index (χ2v) is 7.44. The molecule has 2 heterocycles. The Balaban J connectivity index is 1.27. The van der Waals surface area contributed by atoms with Crippen molar-refractivity contribution in [3.05, 3.63) is 35.6 Å². The van der Waals surface area contributed by atoms with Gasteiger partial charge in [0.1, 0.15) is 5.82 Å². The molecule has 134 valence electrons. The molecule has 1 aromatic rings. The first-order valence-corrected chi connectivity index (χ1v) is 9.20. The summed E-state index contributed by atoms with van der Waals surface area (Å²) in [6.07, 6.45) is 3.57. The maximum absolute atomic E-state index is 13.3. The lowest BCUT2D eigenvalue weighted by Crippen LogP contribution is -2.42. The molecule has 1 saturated carbocycles. The molecule has 3 aliphatic rings. The third-order valence-electron chi connectivity index (χ3n) is 5.61. The Kier molecular flexibility index (Phi) is 4.46. The number of hydrogen-bond donors (Lipinski definition) is 2. The summed E-state index contributed by atoms with van der Waals surface area (Å²) in [5.41, 5.74) is 0.942. The summed E-state index contributed by atoms with van der Waals surface area (Å²) >= 11 is 0. The van der Waals surface area contributed by atoms with Gasteiger partial charge in [0.2, 0.25) is 11.8 Å². The molecule has 0 spiro atoms. The van der Waals surface area contributed by atoms with E-state index in [0.29, 0.717) is 13.0 Å². The molecule has 1 unspecified atom stereocenters. The summed E-state index contributed by atoms with van der Waals surface area (Å²) in [4.78, 5) is 26.8. The Labute approximate surface area is 147 Å². The number of rotatable bonds is 4. The molecule has 1 aliphatic carbocycles. The highest BCUT2D eigenvalue weighted by Crippen LogP contribution is 2.41. The number of nitrogens with one attached hydrogen (secondary N) is 2. The molecule has 0 bridgehead atoms. The molecule has 2 saturated heterocycles. The van der Waals surface area contributed by atoms with E-state index >= 15 is 0 Å². The van der Waals surface area contributed by atoms with Crippen LogP contribution in [0.1, 0.15) is 37.2 Å². The minimum absolute atomic E-state index is 0.00752. The van der Waals surface area contributed by atoms with Crippen LogP contribution in [0.15, 0.2) is 24.3 Å². The Bertz CT molecular complexity index is 674. The van der Waals surface area contributed by atoms with Gasteiger partial charge in [0.15, 0.2) is 0 Å². The molecular weight excluding hydrogens is 321 g/mol. The largest absolute Gasteiger partial charge is 0.352 e. The molecular formula is C19H24FN3O2. The maximum Gasteiger partial charge on any atom is 0.239 e. The van der Waals surface area contributed by atoms with E-state index < -0.39 is 0 Å². The van der Waals surface area contributed by atoms with Crippen molar-refractivity contribution in [3.8, 4) is 0 Å². The van der Waals surface area contributed by atoms with Crippen molar-refractivity contribution in [3.63, 3.8) is 0 Å². The third kappa shape index (κ3) is 3.54. The van der Waals surface area contributed by atoms with Crippen LogP contribution in [0.5, 0.6) is 0 Å². The number of hydrogen-bond acceptors (Lipinski definition) is 3. The second-order valence-electron chi connectivity index (χ2n) is 7.44. The number of carbonyl (C=O) groups is 2. The molecule has 0 aromatic heterocycles. The van der Waals surface area contributed by atoms with Crippen LogP contribution in [0.25, 0.3) is 0 Å². The average Bonchev–Trinajstić information content (AvgIpc) is 3.05. The van der Waals surface area contributed by atoms with Crippen LogP contribution in [-0.2, 0) is 9.59 Å². The highest BCUT2D eigenvalue weighted by Gasteiger charge is 2.42. The van der Waals surface area contributed by atoms with Gasteiger partial charge in [-0.1, -0.05) is 12.1 Å². The quantitative estimate of drug-likeness (QED) is 0.867. The SMILES string of the molecule is O=C(NC1C[C@@H]1c1cccc(F)c1)[C@@H]1CN[C@H](C(=O)N2CCCC2)C1. The van der Waals surface area contributed by atoms with Crippen molar-refractivity contribution in [1.82, 2.24) is 15.5 Å². The fourth-order valence-electron chi connectivity index (χ4n) is 4.04. The number of benzene rings is 1. The molecule has 6 heteroatoms. The number of carbonyl (C=O) groups excluding carboxylic acids is 2. The lowest BCUT2D eigenvalue weighted by molar-refractivity contribution is -0.132. The Morgan fingerprint density at radius 1 is 1.20 bits per heavy atom. The summed E-state index contributed by atoms with van der Waals surface area (Å²) in [6, 6.07) is 6.44. The summed E-state index contributed by atoms with van der Waals surface area (Å²) in [5, 5.41) is 6.27. The highest BCUT2D eigenvalue weighted by molar-refractivity contribution is 5.86. The van der Waals surface area contributed by atoms with Gasteiger partial charge in [0.25, 0.3) is 0 Å². The lowest BCUT2D eigenvalue weighted by Gasteiger charge is -2.19. The molecule has 1 aromatic carbocycles. The molecule has 2 N–H and O–H groups in total. The van der Waals surface area contributed by atoms with Gasteiger partial charge >= 0.3 is 0 Å². The van der Waals surface area contributed by atoms with E-state index in [4.69, 9.17) is 0 Å². The second kappa shape index (κ2) is 6.75. The lowest BCUT2D eigenvalue weighted by atomic mass is 10.0. The Hall–Kier alpha value is -1.95. The van der Waals surface area contributed by atoms with Crippen molar-refractivity contribution in [1.29, 1.82) is 0 Å². The van der Waals surface area contributed by atoms with E-state index in [-0.39, 0.29) is 41.6 Å². The number of amides is 2. The zero-order valence-electron chi connectivity index (χ0n) is 14.2. The Morgan fingerprint density at radius 2 is 2.00 bits per heavy atom. The van der Waals surface area contributed by atoms with Crippen LogP contribution in [-0.4, -0.2) is 48.4 Å². The highest BCUT2D eigenvalue weighted by atomic mass is 19.1. The van der Waals surface area contributed by atoms with Crippen molar-refractivity contribution in [2.24, 2.45) is 5.92 Å². The van der Waals surface area contributed by atoms with E-state index in [1.807, 2.05) is 11.0 Å². The van der Waals surface area contributed by atoms with Gasteiger partial charge in [-0.15, -0.1) is 0 Å². The molecule has 3 fully saturated rings. The average molecular weight is 345 g/mol. The molecule has 4 atom stereocenters. The normalized spacial score (nSPS) is 31.2. The molecule has 2 amide bonds. The van der Waals surface area contributed by atoms with Gasteiger partial charge in [-0.05, 0) is 43.4 Å². The summed E-state index contributed by atoms with van der Waals surface area (Å²) in [7, 11) is 0. The topological polar surface area (TPSA) is 61.4 Å². The van der Waals surface area contributed by atoms with Crippen molar-refractivity contribution in [2.45, 2.75) is 43.7 Å². The van der Waals surface area contributed by atoms with E-state index in [2.05, 4.69) is 10.6 Å². The molecule has 5 nitrogen and oxygen atoms in total. The Morgan fingerprint density at radius 3 is 2.76 bits per heavy atom. The first-order valence-electron chi connectivity index (χ1n) is 9.20. The van der Waals surface area contributed by atoms with Gasteiger partial charge < -0.3 is 15.5 Å². The predicted molar refractivity (Wildman–Crippen MR) is 91.4 cm³/mol. The maximum atomic E-state index is 13.3. The standard InChI is InChI=1S/C19H24FN3O2/c20-14-5-3-4-12(8-14)15-10-16(15)22-18(24)13-9-17(21-11-13)19(25)23-6-1-2-7-23/h3-5,8,13,15-17,21H,1-2,6-7,9-11H2,(H,22,24)/t13-,15+,16?,17-/m0/s1. The van der Waals surface area contributed by atoms with Gasteiger partial charge in [0.05, 0.1) is 12.0 Å². The van der Waals surface area contributed by atoms with E-state index in [1.165, 1.54) is 6.07 Å². The van der Waals surface area contributed by atoms with Crippen LogP contribution < -0.4 is 10.6 Å². The predicted octanol–water partition coefficient (Wildman–Crippen LogP) is 1.40. The van der Waals surface area contributed by atoms with Crippen molar-refractivity contribution < 1.29 is 14.0 Å². The summed E-state index contributed by atoms with van der Waals surface area (Å²) < 4.78 is 13.3. The first kappa shape index (κ1) is 16.5. The van der Waals surface area contributed by atoms with Gasteiger partial charge in [-0.2, -0.15) is 0 Å². The minimum Gasteiger partial charge on any atom is -0.352 e. The number of halogens is 1. The molecule has 25 heavy (non-hydrogen) atoms. The zero-order chi connectivity index (χ0) is 17.4. The van der Waals surface area contributed by atoms with Gasteiger partial charge in [-0.25, -0.2) is 4.39 Å². The summed E-state index contributed by atoms with van der Waals surface area (Å²) in [6.45, 7) is 2.23. The van der Waals surface area contributed by atoms with Gasteiger partial charge in [0, 0.05) is 31.6 Å².